The SMILES string of the molecule is CCOc1cc(CNC2CCCCCCC2)cc(Br)c1OCc1ccccc1F.Cl. The maximum Gasteiger partial charge on any atom is 0.175 e. The van der Waals surface area contributed by atoms with Crippen molar-refractivity contribution in [2.24, 2.45) is 0 Å². The number of rotatable bonds is 8. The molecule has 0 atom stereocenters. The number of halogens is 3. The molecule has 0 aliphatic heterocycles. The highest BCUT2D eigenvalue weighted by Gasteiger charge is 2.15. The third-order valence-corrected chi connectivity index (χ3v) is 5.99. The summed E-state index contributed by atoms with van der Waals surface area (Å²) in [5, 5.41) is 3.72. The Kier molecular flexibility index (Phi) is 11.0. The van der Waals surface area contributed by atoms with E-state index in [0.717, 1.165) is 16.6 Å². The molecule has 166 valence electrons. The lowest BCUT2D eigenvalue weighted by molar-refractivity contribution is 0.264. The van der Waals surface area contributed by atoms with Crippen molar-refractivity contribution in [1.29, 1.82) is 0 Å². The molecule has 1 N–H and O–H groups in total. The summed E-state index contributed by atoms with van der Waals surface area (Å²) in [6.45, 7) is 3.46. The standard InChI is InChI=1S/C24H31BrFNO2.ClH/c1-2-28-23-15-18(16-27-20-11-6-4-3-5-7-12-20)14-21(25)24(23)29-17-19-10-8-9-13-22(19)26;/h8-10,13-15,20,27H,2-7,11-12,16-17H2,1H3;1H. The van der Waals surface area contributed by atoms with Crippen molar-refractivity contribution >= 4 is 28.3 Å². The van der Waals surface area contributed by atoms with Crippen LogP contribution in [0.1, 0.15) is 63.0 Å². The van der Waals surface area contributed by atoms with E-state index in [9.17, 15) is 4.39 Å². The smallest absolute Gasteiger partial charge is 0.175 e. The highest BCUT2D eigenvalue weighted by Crippen LogP contribution is 2.37. The molecule has 0 amide bonds. The lowest BCUT2D eigenvalue weighted by Gasteiger charge is -2.22. The second kappa shape index (κ2) is 13.2. The van der Waals surface area contributed by atoms with Crippen LogP contribution in [-0.4, -0.2) is 12.6 Å². The van der Waals surface area contributed by atoms with Crippen molar-refractivity contribution in [2.45, 2.75) is 71.1 Å². The fourth-order valence-corrected chi connectivity index (χ4v) is 4.42. The van der Waals surface area contributed by atoms with Crippen molar-refractivity contribution in [2.75, 3.05) is 6.61 Å². The van der Waals surface area contributed by atoms with Crippen LogP contribution in [0, 0.1) is 5.82 Å². The Morgan fingerprint density at radius 3 is 2.43 bits per heavy atom. The molecule has 0 saturated heterocycles. The van der Waals surface area contributed by atoms with Gasteiger partial charge in [0.15, 0.2) is 11.5 Å². The topological polar surface area (TPSA) is 30.5 Å². The lowest BCUT2D eigenvalue weighted by atomic mass is 9.96. The van der Waals surface area contributed by atoms with E-state index < -0.39 is 0 Å². The van der Waals surface area contributed by atoms with E-state index in [4.69, 9.17) is 9.47 Å². The molecule has 0 heterocycles. The summed E-state index contributed by atoms with van der Waals surface area (Å²) in [5.74, 6) is 1.04. The van der Waals surface area contributed by atoms with E-state index >= 15 is 0 Å². The van der Waals surface area contributed by atoms with Gasteiger partial charge in [0.2, 0.25) is 0 Å². The monoisotopic (exact) mass is 499 g/mol. The molecule has 0 bridgehead atoms. The Morgan fingerprint density at radius 1 is 1.03 bits per heavy atom. The summed E-state index contributed by atoms with van der Waals surface area (Å²) in [6, 6.07) is 11.3. The predicted octanol–water partition coefficient (Wildman–Crippen LogP) is 7.19. The van der Waals surface area contributed by atoms with Gasteiger partial charge in [-0.25, -0.2) is 4.39 Å². The Balaban J connectivity index is 0.00000320. The third-order valence-electron chi connectivity index (χ3n) is 5.40. The second-order valence-corrected chi connectivity index (χ2v) is 8.50. The minimum absolute atomic E-state index is 0. The molecule has 6 heteroatoms. The zero-order valence-electron chi connectivity index (χ0n) is 17.6. The van der Waals surface area contributed by atoms with Crippen LogP contribution in [0.25, 0.3) is 0 Å². The first kappa shape index (κ1) is 25.0. The van der Waals surface area contributed by atoms with Gasteiger partial charge in [0.1, 0.15) is 12.4 Å². The quantitative estimate of drug-likeness (QED) is 0.416. The van der Waals surface area contributed by atoms with E-state index in [1.165, 1.54) is 51.0 Å². The van der Waals surface area contributed by atoms with Gasteiger partial charge >= 0.3 is 0 Å². The molecule has 30 heavy (non-hydrogen) atoms. The summed E-state index contributed by atoms with van der Waals surface area (Å²) in [6.07, 6.45) is 9.22. The molecule has 3 rings (SSSR count). The predicted molar refractivity (Wildman–Crippen MR) is 126 cm³/mol. The van der Waals surface area contributed by atoms with Crippen LogP contribution in [0.3, 0.4) is 0 Å². The fourth-order valence-electron chi connectivity index (χ4n) is 3.81. The Hall–Kier alpha value is -1.30. The summed E-state index contributed by atoms with van der Waals surface area (Å²) in [4.78, 5) is 0. The van der Waals surface area contributed by atoms with Gasteiger partial charge in [-0.3, -0.25) is 0 Å². The zero-order chi connectivity index (χ0) is 20.5. The van der Waals surface area contributed by atoms with Crippen LogP contribution in [0.2, 0.25) is 0 Å². The van der Waals surface area contributed by atoms with Crippen LogP contribution >= 0.6 is 28.3 Å². The molecular weight excluding hydrogens is 469 g/mol. The lowest BCUT2D eigenvalue weighted by Crippen LogP contribution is -2.29. The van der Waals surface area contributed by atoms with Gasteiger partial charge in [0, 0.05) is 18.2 Å². The number of ether oxygens (including phenoxy) is 2. The molecule has 3 nitrogen and oxygen atoms in total. The van der Waals surface area contributed by atoms with Gasteiger partial charge in [-0.05, 0) is 59.5 Å². The van der Waals surface area contributed by atoms with Crippen LogP contribution in [0.4, 0.5) is 4.39 Å². The van der Waals surface area contributed by atoms with Crippen LogP contribution in [0.15, 0.2) is 40.9 Å². The molecule has 2 aromatic carbocycles. The number of hydrogen-bond donors (Lipinski definition) is 1. The molecule has 0 spiro atoms. The molecular formula is C24H32BrClFNO2. The molecule has 0 aromatic heterocycles. The maximum absolute atomic E-state index is 13.9. The van der Waals surface area contributed by atoms with Crippen molar-refractivity contribution in [3.63, 3.8) is 0 Å². The first-order valence-corrected chi connectivity index (χ1v) is 11.5. The van der Waals surface area contributed by atoms with Crippen molar-refractivity contribution < 1.29 is 13.9 Å². The summed E-state index contributed by atoms with van der Waals surface area (Å²) in [7, 11) is 0. The average Bonchev–Trinajstić information content (AvgIpc) is 2.68. The average molecular weight is 501 g/mol. The largest absolute Gasteiger partial charge is 0.490 e. The minimum atomic E-state index is -0.262. The molecule has 1 aliphatic rings. The molecule has 1 saturated carbocycles. The van der Waals surface area contributed by atoms with E-state index in [1.807, 2.05) is 19.1 Å². The zero-order valence-corrected chi connectivity index (χ0v) is 20.0. The minimum Gasteiger partial charge on any atom is -0.490 e. The van der Waals surface area contributed by atoms with Gasteiger partial charge in [0.25, 0.3) is 0 Å². The van der Waals surface area contributed by atoms with Crippen molar-refractivity contribution in [3.05, 3.63) is 57.8 Å². The molecule has 1 aliphatic carbocycles. The van der Waals surface area contributed by atoms with Crippen LogP contribution < -0.4 is 14.8 Å². The van der Waals surface area contributed by atoms with E-state index in [1.54, 1.807) is 12.1 Å². The highest BCUT2D eigenvalue weighted by atomic mass is 79.9. The molecule has 0 unspecified atom stereocenters. The maximum atomic E-state index is 13.9. The summed E-state index contributed by atoms with van der Waals surface area (Å²) in [5.41, 5.74) is 1.68. The van der Waals surface area contributed by atoms with Crippen LogP contribution in [0.5, 0.6) is 11.5 Å². The van der Waals surface area contributed by atoms with E-state index in [-0.39, 0.29) is 24.8 Å². The Bertz CT molecular complexity index is 782. The van der Waals surface area contributed by atoms with Gasteiger partial charge in [-0.2, -0.15) is 0 Å². The van der Waals surface area contributed by atoms with Gasteiger partial charge in [-0.1, -0.05) is 50.3 Å². The molecule has 0 radical (unpaired) electrons. The first-order valence-electron chi connectivity index (χ1n) is 10.7. The summed E-state index contributed by atoms with van der Waals surface area (Å²) >= 11 is 3.62. The fraction of sp³-hybridized carbons (Fsp3) is 0.500. The van der Waals surface area contributed by atoms with Crippen LogP contribution in [-0.2, 0) is 13.2 Å². The number of benzene rings is 2. The Morgan fingerprint density at radius 2 is 1.73 bits per heavy atom. The van der Waals surface area contributed by atoms with Gasteiger partial charge in [-0.15, -0.1) is 12.4 Å². The first-order chi connectivity index (χ1) is 14.2. The third kappa shape index (κ3) is 7.44. The molecule has 2 aromatic rings. The van der Waals surface area contributed by atoms with Gasteiger partial charge in [0.05, 0.1) is 11.1 Å². The van der Waals surface area contributed by atoms with Crippen molar-refractivity contribution in [1.82, 2.24) is 5.32 Å². The second-order valence-electron chi connectivity index (χ2n) is 7.64. The molecule has 1 fully saturated rings. The normalized spacial score (nSPS) is 15.0. The van der Waals surface area contributed by atoms with Gasteiger partial charge < -0.3 is 14.8 Å². The van der Waals surface area contributed by atoms with E-state index in [2.05, 4.69) is 27.3 Å². The number of nitrogens with one attached hydrogen (secondary N) is 1. The Labute approximate surface area is 194 Å². The van der Waals surface area contributed by atoms with E-state index in [0.29, 0.717) is 29.7 Å². The number of hydrogen-bond acceptors (Lipinski definition) is 3. The highest BCUT2D eigenvalue weighted by molar-refractivity contribution is 9.10. The van der Waals surface area contributed by atoms with Crippen molar-refractivity contribution in [3.8, 4) is 11.5 Å². The summed E-state index contributed by atoms with van der Waals surface area (Å²) < 4.78 is 26.5.